The Morgan fingerprint density at radius 2 is 1.70 bits per heavy atom. The lowest BCUT2D eigenvalue weighted by Gasteiger charge is -2.34. The first kappa shape index (κ1) is 13.1. The van der Waals surface area contributed by atoms with Gasteiger partial charge in [-0.3, -0.25) is 0 Å². The lowest BCUT2D eigenvalue weighted by atomic mass is 9.95. The van der Waals surface area contributed by atoms with Crippen molar-refractivity contribution in [2.24, 2.45) is 0 Å². The summed E-state index contributed by atoms with van der Waals surface area (Å²) in [6.07, 6.45) is 0. The summed E-state index contributed by atoms with van der Waals surface area (Å²) in [5.74, 6) is 0.386. The van der Waals surface area contributed by atoms with Crippen molar-refractivity contribution < 1.29 is 9.23 Å². The Labute approximate surface area is 118 Å². The van der Waals surface area contributed by atoms with E-state index < -0.39 is 0 Å². The van der Waals surface area contributed by atoms with Crippen LogP contribution in [0.25, 0.3) is 0 Å². The third kappa shape index (κ3) is 2.08. The fourth-order valence-electron chi connectivity index (χ4n) is 2.60. The average Bonchev–Trinajstić information content (AvgIpc) is 2.80. The van der Waals surface area contributed by atoms with Gasteiger partial charge in [-0.15, -0.1) is 5.06 Å². The van der Waals surface area contributed by atoms with Gasteiger partial charge in [0.2, 0.25) is 0 Å². The second-order valence-electron chi connectivity index (χ2n) is 6.05. The van der Waals surface area contributed by atoms with Crippen molar-refractivity contribution >= 4 is 0 Å². The molecule has 3 rings (SSSR count). The van der Waals surface area contributed by atoms with Crippen molar-refractivity contribution in [1.29, 1.82) is 0 Å². The van der Waals surface area contributed by atoms with Crippen LogP contribution in [0.2, 0.25) is 0 Å². The topological polar surface area (TPSA) is 12.5 Å². The minimum atomic E-state index is -0.230. The Balaban J connectivity index is 2.17. The number of hydroxylamine groups is 2. The summed E-state index contributed by atoms with van der Waals surface area (Å²) in [4.78, 5) is 5.91. The van der Waals surface area contributed by atoms with Crippen LogP contribution in [0.4, 0.5) is 4.39 Å². The fourth-order valence-corrected chi connectivity index (χ4v) is 2.60. The molecule has 0 aliphatic carbocycles. The Bertz CT molecular complexity index is 619. The number of halogens is 1. The highest BCUT2D eigenvalue weighted by Crippen LogP contribution is 2.45. The highest BCUT2D eigenvalue weighted by atomic mass is 19.1. The van der Waals surface area contributed by atoms with Gasteiger partial charge in [0.25, 0.3) is 0 Å². The molecule has 0 N–H and O–H groups in total. The zero-order chi connectivity index (χ0) is 14.3. The molecule has 104 valence electrons. The van der Waals surface area contributed by atoms with Crippen molar-refractivity contribution in [3.63, 3.8) is 0 Å². The molecule has 1 atom stereocenters. The van der Waals surface area contributed by atoms with E-state index in [1.807, 2.05) is 41.5 Å². The highest BCUT2D eigenvalue weighted by Gasteiger charge is 2.42. The molecule has 0 spiro atoms. The predicted octanol–water partition coefficient (Wildman–Crippen LogP) is 4.32. The summed E-state index contributed by atoms with van der Waals surface area (Å²) in [6.45, 7) is 6.19. The molecule has 1 heterocycles. The molecule has 3 heteroatoms. The van der Waals surface area contributed by atoms with Gasteiger partial charge in [-0.2, -0.15) is 0 Å². The normalized spacial score (nSPS) is 18.7. The number of nitrogens with zero attached hydrogens (tertiary/aromatic N) is 1. The van der Waals surface area contributed by atoms with Crippen LogP contribution in [0.15, 0.2) is 48.5 Å². The first-order valence-corrected chi connectivity index (χ1v) is 6.79. The van der Waals surface area contributed by atoms with Crippen LogP contribution >= 0.6 is 0 Å². The van der Waals surface area contributed by atoms with Gasteiger partial charge < -0.3 is 4.84 Å². The molecule has 2 aromatic rings. The monoisotopic (exact) mass is 271 g/mol. The first-order chi connectivity index (χ1) is 9.48. The molecular formula is C17H18FNO. The number of rotatable bonds is 1. The second-order valence-corrected chi connectivity index (χ2v) is 6.05. The van der Waals surface area contributed by atoms with Crippen LogP contribution in [-0.2, 0) is 0 Å². The van der Waals surface area contributed by atoms with Gasteiger partial charge >= 0.3 is 0 Å². The summed E-state index contributed by atoms with van der Waals surface area (Å²) >= 11 is 0. The Morgan fingerprint density at radius 3 is 2.35 bits per heavy atom. The number of hydrogen-bond donors (Lipinski definition) is 0. The molecule has 2 nitrogen and oxygen atoms in total. The fraction of sp³-hybridized carbons (Fsp3) is 0.294. The molecule has 0 aromatic heterocycles. The van der Waals surface area contributed by atoms with Crippen molar-refractivity contribution in [3.8, 4) is 5.75 Å². The smallest absolute Gasteiger partial charge is 0.155 e. The zero-order valence-corrected chi connectivity index (χ0v) is 11.9. The summed E-state index contributed by atoms with van der Waals surface area (Å²) < 4.78 is 14.3. The minimum Gasteiger partial charge on any atom is -0.404 e. The molecular weight excluding hydrogens is 253 g/mol. The van der Waals surface area contributed by atoms with Gasteiger partial charge in [0.05, 0.1) is 5.56 Å². The van der Waals surface area contributed by atoms with E-state index in [9.17, 15) is 4.39 Å². The van der Waals surface area contributed by atoms with Gasteiger partial charge in [-0.05, 0) is 38.5 Å². The Hall–Kier alpha value is -1.87. The van der Waals surface area contributed by atoms with Gasteiger partial charge in [-0.25, -0.2) is 4.39 Å². The SMILES string of the molecule is CC(C)(C)N1Oc2cccc(F)c2C1c1ccccc1. The van der Waals surface area contributed by atoms with E-state index >= 15 is 0 Å². The van der Waals surface area contributed by atoms with Gasteiger partial charge in [0, 0.05) is 5.54 Å². The minimum absolute atomic E-state index is 0.215. The lowest BCUT2D eigenvalue weighted by molar-refractivity contribution is -0.129. The van der Waals surface area contributed by atoms with E-state index in [-0.39, 0.29) is 17.4 Å². The standard InChI is InChI=1S/C17H18FNO/c1-17(2,3)19-16(12-8-5-4-6-9-12)15-13(18)10-7-11-14(15)20-19/h4-11,16H,1-3H3. The molecule has 0 radical (unpaired) electrons. The van der Waals surface area contributed by atoms with Crippen LogP contribution in [0, 0.1) is 5.82 Å². The molecule has 20 heavy (non-hydrogen) atoms. The van der Waals surface area contributed by atoms with Crippen LogP contribution in [0.5, 0.6) is 5.75 Å². The third-order valence-electron chi connectivity index (χ3n) is 3.49. The van der Waals surface area contributed by atoms with Crippen molar-refractivity contribution in [3.05, 3.63) is 65.5 Å². The highest BCUT2D eigenvalue weighted by molar-refractivity contribution is 5.45. The quantitative estimate of drug-likeness (QED) is 0.765. The van der Waals surface area contributed by atoms with Crippen LogP contribution in [0.3, 0.4) is 0 Å². The molecule has 0 amide bonds. The molecule has 1 aliphatic rings. The maximum atomic E-state index is 14.3. The molecule has 0 saturated heterocycles. The Kier molecular flexibility index (Phi) is 3.02. The number of benzene rings is 2. The van der Waals surface area contributed by atoms with E-state index in [1.165, 1.54) is 6.07 Å². The van der Waals surface area contributed by atoms with Crippen LogP contribution in [0.1, 0.15) is 37.9 Å². The zero-order valence-electron chi connectivity index (χ0n) is 11.9. The number of hydrogen-bond acceptors (Lipinski definition) is 2. The van der Waals surface area contributed by atoms with Crippen molar-refractivity contribution in [2.75, 3.05) is 0 Å². The molecule has 0 bridgehead atoms. The molecule has 0 fully saturated rings. The first-order valence-electron chi connectivity index (χ1n) is 6.79. The van der Waals surface area contributed by atoms with E-state index in [0.29, 0.717) is 11.3 Å². The lowest BCUT2D eigenvalue weighted by Crippen LogP contribution is -2.43. The summed E-state index contributed by atoms with van der Waals surface area (Å²) in [7, 11) is 0. The van der Waals surface area contributed by atoms with Gasteiger partial charge in [0.15, 0.2) is 5.75 Å². The largest absolute Gasteiger partial charge is 0.404 e. The van der Waals surface area contributed by atoms with Crippen LogP contribution < -0.4 is 4.84 Å². The maximum absolute atomic E-state index is 14.3. The predicted molar refractivity (Wildman–Crippen MR) is 76.9 cm³/mol. The van der Waals surface area contributed by atoms with E-state index in [4.69, 9.17) is 4.84 Å². The third-order valence-corrected chi connectivity index (χ3v) is 3.49. The number of fused-ring (bicyclic) bond motifs is 1. The van der Waals surface area contributed by atoms with Crippen molar-refractivity contribution in [2.45, 2.75) is 32.4 Å². The summed E-state index contributed by atoms with van der Waals surface area (Å²) in [5.41, 5.74) is 1.42. The maximum Gasteiger partial charge on any atom is 0.155 e. The van der Waals surface area contributed by atoms with E-state index in [2.05, 4.69) is 20.8 Å². The molecule has 1 unspecified atom stereocenters. The van der Waals surface area contributed by atoms with Crippen LogP contribution in [-0.4, -0.2) is 10.6 Å². The molecule has 0 saturated carbocycles. The van der Waals surface area contributed by atoms with Crippen molar-refractivity contribution in [1.82, 2.24) is 5.06 Å². The van der Waals surface area contributed by atoms with E-state index in [1.54, 1.807) is 6.07 Å². The van der Waals surface area contributed by atoms with E-state index in [0.717, 1.165) is 5.56 Å². The molecule has 1 aliphatic heterocycles. The molecule has 2 aromatic carbocycles. The average molecular weight is 271 g/mol. The summed E-state index contributed by atoms with van der Waals surface area (Å²) in [5, 5.41) is 1.87. The Morgan fingerprint density at radius 1 is 1.00 bits per heavy atom. The van der Waals surface area contributed by atoms with Gasteiger partial charge in [-0.1, -0.05) is 36.4 Å². The second kappa shape index (κ2) is 4.60. The van der Waals surface area contributed by atoms with Gasteiger partial charge in [0.1, 0.15) is 11.9 Å². The summed E-state index contributed by atoms with van der Waals surface area (Å²) in [6, 6.07) is 14.7.